The lowest BCUT2D eigenvalue weighted by atomic mass is 9.70. The summed E-state index contributed by atoms with van der Waals surface area (Å²) in [6.45, 7) is 62.6. The summed E-state index contributed by atoms with van der Waals surface area (Å²) in [5.41, 5.74) is 71.3. The molecule has 0 unspecified atom stereocenters. The van der Waals surface area contributed by atoms with Crippen LogP contribution in [0.1, 0.15) is 481 Å². The van der Waals surface area contributed by atoms with E-state index in [-0.39, 0.29) is 78.4 Å². The third-order valence-corrected chi connectivity index (χ3v) is 35.3. The van der Waals surface area contributed by atoms with Crippen LogP contribution in [-0.4, -0.2) is 11.7 Å². The van der Waals surface area contributed by atoms with Crippen molar-refractivity contribution < 1.29 is 5.11 Å². The molecule has 0 aliphatic heterocycles. The fourth-order valence-electron chi connectivity index (χ4n) is 28.7. The van der Waals surface area contributed by atoms with E-state index in [0.717, 1.165) is 128 Å². The zero-order valence-electron chi connectivity index (χ0n) is 85.1. The number of hydrogen-bond acceptors (Lipinski definition) is 1. The van der Waals surface area contributed by atoms with Gasteiger partial charge in [0.2, 0.25) is 0 Å². The second kappa shape index (κ2) is 38.0. The van der Waals surface area contributed by atoms with Gasteiger partial charge in [0.15, 0.2) is 0 Å². The van der Waals surface area contributed by atoms with E-state index in [0.29, 0.717) is 6.61 Å². The van der Waals surface area contributed by atoms with E-state index in [1.807, 2.05) is 0 Å². The highest BCUT2D eigenvalue weighted by Crippen LogP contribution is 2.56. The molecule has 7 aliphatic carbocycles. The van der Waals surface area contributed by atoms with Crippen molar-refractivity contribution in [3.8, 4) is 0 Å². The molecule has 0 atom stereocenters. The number of hydrogen-bond donors (Lipinski definition) is 1. The minimum absolute atomic E-state index is 0. The summed E-state index contributed by atoms with van der Waals surface area (Å²) < 4.78 is 0. The Balaban J connectivity index is 0.00000198. The highest BCUT2D eigenvalue weighted by atomic mass is 16.3. The maximum Gasteiger partial charge on any atom is 0.0430 e. The third kappa shape index (κ3) is 17.2. The molecule has 0 fully saturated rings. The van der Waals surface area contributed by atoms with Gasteiger partial charge in [-0.1, -0.05) is 205 Å². The summed E-state index contributed by atoms with van der Waals surface area (Å²) in [5, 5.41) is 8.07. The van der Waals surface area contributed by atoms with E-state index in [4.69, 9.17) is 5.11 Å². The summed E-state index contributed by atoms with van der Waals surface area (Å²) in [6, 6.07) is 66.5. The molecule has 688 valence electrons. The Kier molecular flexibility index (Phi) is 27.2. The van der Waals surface area contributed by atoms with Gasteiger partial charge in [-0.05, 0) is 517 Å². The van der Waals surface area contributed by atoms with Crippen LogP contribution in [0.2, 0.25) is 0 Å². The van der Waals surface area contributed by atoms with Gasteiger partial charge in [0.05, 0.1) is 0 Å². The topological polar surface area (TPSA) is 20.2 Å². The predicted molar refractivity (Wildman–Crippen MR) is 565 cm³/mol. The Morgan fingerprint density at radius 3 is 0.280 bits per heavy atom. The Hall–Kier alpha value is -9.40. The molecular formula is C131H158O. The number of aliphatic hydroxyl groups is 1. The van der Waals surface area contributed by atoms with Crippen molar-refractivity contribution in [3.63, 3.8) is 0 Å². The van der Waals surface area contributed by atoms with Crippen molar-refractivity contribution >= 4 is 0 Å². The lowest BCUT2D eigenvalue weighted by Gasteiger charge is -2.34. The second-order valence-electron chi connectivity index (χ2n) is 44.1. The standard InChI is InChI=1S/C126H144.C4H10O.CH4/c1-67-43-68(2)104-55-103(67)91-31-25-32-93-105-56-107(71(5)44-69(105)3)96-37-28-38-99-112-59-110(74(8)47-76(112)10)98(120-63-119(93)83(17)51-84(120)18)39-29-40-101-113-60-114(78(12)48-77(113)11)102(126-66-125(99)89(23)54-90(126)24)42-30-41-100-111-58-109(73(7)46-75(111)9)97(123-65-124(101)88(22)53-87(123)21)36-27-35-94(116-61-115(91)79(13)49-80(116)14)106-57-108(72(6)45-70(106)4)95(121-64-122(100)86(20)52-85(121)19)34-26-33-92(104)117-62-118(96)82(16)50-81(117)15;1-2-3-4-5;/h43-66,91-102H,25-42H2,1-24H3;5H,2-4H2,1H3;1H4/t91-,92?,93+,94+,95?,96?,97-,98-,99?,100?,101+,102?;;. The van der Waals surface area contributed by atoms with E-state index >= 15 is 0 Å². The maximum atomic E-state index is 8.07. The van der Waals surface area contributed by atoms with Gasteiger partial charge in [-0.25, -0.2) is 0 Å². The molecule has 0 heterocycles. The van der Waals surface area contributed by atoms with Crippen molar-refractivity contribution in [2.24, 2.45) is 0 Å². The number of aliphatic hydroxyl groups excluding tert-OH is 1. The van der Waals surface area contributed by atoms with Crippen LogP contribution in [0.4, 0.5) is 0 Å². The molecule has 0 saturated carbocycles. The summed E-state index contributed by atoms with van der Waals surface area (Å²) in [4.78, 5) is 0. The first-order chi connectivity index (χ1) is 62.8. The number of unbranched alkanes of at least 4 members (excludes halogenated alkanes) is 1. The third-order valence-electron chi connectivity index (χ3n) is 35.3. The van der Waals surface area contributed by atoms with Gasteiger partial charge < -0.3 is 5.11 Å². The van der Waals surface area contributed by atoms with Gasteiger partial charge in [0.1, 0.15) is 0 Å². The molecule has 7 aliphatic rings. The van der Waals surface area contributed by atoms with Gasteiger partial charge in [-0.3, -0.25) is 0 Å². The molecule has 1 nitrogen and oxygen atoms in total. The summed E-state index contributed by atoms with van der Waals surface area (Å²) in [5.74, 6) is 1.90. The monoisotopic (exact) mass is 1750 g/mol. The number of fused-ring (bicyclic) bond motifs is 24. The number of aryl methyl sites for hydroxylation is 24. The Morgan fingerprint density at radius 1 is 0.152 bits per heavy atom. The second-order valence-corrected chi connectivity index (χ2v) is 44.1. The molecule has 1 N–H and O–H groups in total. The minimum Gasteiger partial charge on any atom is -0.396 e. The highest BCUT2D eigenvalue weighted by Gasteiger charge is 2.39. The fraction of sp³-hybridized carbons (Fsp3) is 0.450. The zero-order valence-corrected chi connectivity index (χ0v) is 85.1. The van der Waals surface area contributed by atoms with E-state index in [1.165, 1.54) is 267 Å². The zero-order chi connectivity index (χ0) is 92.5. The summed E-state index contributed by atoms with van der Waals surface area (Å²) in [7, 11) is 0. The van der Waals surface area contributed by atoms with E-state index in [2.05, 4.69) is 319 Å². The molecule has 12 aromatic carbocycles. The van der Waals surface area contributed by atoms with Crippen molar-refractivity contribution in [3.05, 3.63) is 413 Å². The molecule has 1 heteroatoms. The van der Waals surface area contributed by atoms with Gasteiger partial charge in [-0.15, -0.1) is 0 Å². The molecule has 0 aromatic heterocycles. The molecule has 0 amide bonds. The highest BCUT2D eigenvalue weighted by molar-refractivity contribution is 5.63. The minimum atomic E-state index is 0. The molecular weight excluding hydrogens is 1590 g/mol. The smallest absolute Gasteiger partial charge is 0.0430 e. The van der Waals surface area contributed by atoms with Crippen LogP contribution in [0.15, 0.2) is 146 Å². The van der Waals surface area contributed by atoms with E-state index in [1.54, 1.807) is 0 Å². The molecule has 0 radical (unpaired) electrons. The van der Waals surface area contributed by atoms with Gasteiger partial charge in [0.25, 0.3) is 0 Å². The van der Waals surface area contributed by atoms with Crippen LogP contribution in [0.5, 0.6) is 0 Å². The first-order valence-corrected chi connectivity index (χ1v) is 51.7. The van der Waals surface area contributed by atoms with Gasteiger partial charge >= 0.3 is 0 Å². The lowest BCUT2D eigenvalue weighted by molar-refractivity contribution is 0.287. The molecule has 36 bridgehead atoms. The van der Waals surface area contributed by atoms with Crippen molar-refractivity contribution in [1.29, 1.82) is 0 Å². The maximum absolute atomic E-state index is 8.07. The SMILES string of the molecule is C.CCCCO.Cc1cc(C)c2cc1C1CCCC3c4cc(c(C)cc4C)C4CCCC5c6cc(c(C)cc6C)C6CCCC2c2cc(c(C)cc2C)[C@H]2CCC[C@@H](c7cc1c(C)cc7C)c1cc(c(C)cc1C)[C@H](CCC[C@@H](c1cc4c(C)cc1C)c1cc(c(C)cc1C)[C@H](CCC[C@@H](c1cc6c(C)cc1C)c1cc2c(C)cc1C)c1cc5c(C)cc1C)c1cc3c(C)cc1C. The van der Waals surface area contributed by atoms with Gasteiger partial charge in [-0.2, -0.15) is 0 Å². The molecule has 0 spiro atoms. The van der Waals surface area contributed by atoms with Crippen LogP contribution in [0.3, 0.4) is 0 Å². The Labute approximate surface area is 798 Å². The summed E-state index contributed by atoms with van der Waals surface area (Å²) >= 11 is 0. The Bertz CT molecular complexity index is 5160. The van der Waals surface area contributed by atoms with Crippen LogP contribution >= 0.6 is 0 Å². The first-order valence-electron chi connectivity index (χ1n) is 51.7. The Morgan fingerprint density at radius 2 is 0.227 bits per heavy atom. The van der Waals surface area contributed by atoms with E-state index in [9.17, 15) is 0 Å². The van der Waals surface area contributed by atoms with Crippen LogP contribution in [-0.2, 0) is 0 Å². The predicted octanol–water partition coefficient (Wildman–Crippen LogP) is 35.5. The molecule has 132 heavy (non-hydrogen) atoms. The van der Waals surface area contributed by atoms with Crippen LogP contribution in [0.25, 0.3) is 0 Å². The van der Waals surface area contributed by atoms with Gasteiger partial charge in [0, 0.05) is 77.6 Å². The van der Waals surface area contributed by atoms with Crippen molar-refractivity contribution in [2.75, 3.05) is 6.61 Å². The quantitative estimate of drug-likeness (QED) is 0.183. The van der Waals surface area contributed by atoms with Crippen LogP contribution < -0.4 is 0 Å². The van der Waals surface area contributed by atoms with Crippen molar-refractivity contribution in [2.45, 2.75) is 380 Å². The normalized spacial score (nSPS) is 22.0. The largest absolute Gasteiger partial charge is 0.396 e. The summed E-state index contributed by atoms with van der Waals surface area (Å²) in [6.07, 6.45) is 21.1. The fourth-order valence-corrected chi connectivity index (χ4v) is 28.7. The molecule has 0 saturated heterocycles. The number of benzene rings is 12. The average molecular weight is 1750 g/mol. The average Bonchev–Trinajstić information content (AvgIpc) is 0.772. The molecule has 12 aromatic rings. The number of rotatable bonds is 2. The first kappa shape index (κ1) is 94.4. The lowest BCUT2D eigenvalue weighted by Crippen LogP contribution is -2.18. The van der Waals surface area contributed by atoms with E-state index < -0.39 is 0 Å². The van der Waals surface area contributed by atoms with Crippen LogP contribution in [0, 0.1) is 166 Å². The van der Waals surface area contributed by atoms with Crippen molar-refractivity contribution in [1.82, 2.24) is 0 Å². The molecule has 19 rings (SSSR count).